The Morgan fingerprint density at radius 3 is 2.30 bits per heavy atom. The van der Waals surface area contributed by atoms with Gasteiger partial charge in [0.15, 0.2) is 0 Å². The van der Waals surface area contributed by atoms with Crippen LogP contribution >= 0.6 is 0 Å². The average Bonchev–Trinajstić information content (AvgIpc) is 2.70. The van der Waals surface area contributed by atoms with Crippen molar-refractivity contribution < 1.29 is 14.4 Å². The summed E-state index contributed by atoms with van der Waals surface area (Å²) >= 11 is 0. The van der Waals surface area contributed by atoms with Gasteiger partial charge in [0.1, 0.15) is 0 Å². The second kappa shape index (κ2) is 11.4. The molecule has 2 N–H and O–H groups in total. The van der Waals surface area contributed by atoms with E-state index in [-0.39, 0.29) is 30.8 Å². The Labute approximate surface area is 161 Å². The van der Waals surface area contributed by atoms with Crippen molar-refractivity contribution >= 4 is 17.7 Å². The van der Waals surface area contributed by atoms with Crippen molar-refractivity contribution in [3.05, 3.63) is 35.9 Å². The van der Waals surface area contributed by atoms with E-state index in [1.165, 1.54) is 19.3 Å². The summed E-state index contributed by atoms with van der Waals surface area (Å²) in [5, 5.41) is 5.26. The zero-order chi connectivity index (χ0) is 19.5. The maximum atomic E-state index is 12.3. The number of benzene rings is 1. The predicted octanol–water partition coefficient (Wildman–Crippen LogP) is 2.24. The number of carbonyl (C=O) groups excluding carboxylic acids is 3. The molecule has 0 spiro atoms. The van der Waals surface area contributed by atoms with E-state index in [0.717, 1.165) is 18.4 Å². The topological polar surface area (TPSA) is 78.5 Å². The lowest BCUT2D eigenvalue weighted by molar-refractivity contribution is -0.133. The molecular weight excluding hydrogens is 342 g/mol. The van der Waals surface area contributed by atoms with Crippen LogP contribution in [-0.4, -0.2) is 42.3 Å². The van der Waals surface area contributed by atoms with Crippen LogP contribution in [-0.2, 0) is 20.9 Å². The summed E-state index contributed by atoms with van der Waals surface area (Å²) < 4.78 is 0. The van der Waals surface area contributed by atoms with E-state index < -0.39 is 0 Å². The molecule has 1 aliphatic carbocycles. The second-order valence-corrected chi connectivity index (χ2v) is 7.16. The zero-order valence-electron chi connectivity index (χ0n) is 16.2. The van der Waals surface area contributed by atoms with Crippen LogP contribution in [0.3, 0.4) is 0 Å². The van der Waals surface area contributed by atoms with Crippen LogP contribution < -0.4 is 10.6 Å². The van der Waals surface area contributed by atoms with Crippen molar-refractivity contribution in [3.8, 4) is 0 Å². The van der Waals surface area contributed by atoms with Crippen LogP contribution in [0.25, 0.3) is 0 Å². The van der Waals surface area contributed by atoms with Gasteiger partial charge in [-0.05, 0) is 31.2 Å². The van der Waals surface area contributed by atoms with Crippen LogP contribution in [0.5, 0.6) is 0 Å². The third kappa shape index (κ3) is 7.81. The molecule has 6 nitrogen and oxygen atoms in total. The number of amides is 3. The Morgan fingerprint density at radius 1 is 0.963 bits per heavy atom. The highest BCUT2D eigenvalue weighted by Gasteiger charge is 2.18. The molecule has 0 atom stereocenters. The third-order valence-corrected chi connectivity index (χ3v) is 5.03. The first-order valence-corrected chi connectivity index (χ1v) is 9.93. The molecule has 2 rings (SSSR count). The van der Waals surface area contributed by atoms with Gasteiger partial charge in [0.05, 0.1) is 13.1 Å². The number of nitrogens with one attached hydrogen (secondary N) is 2. The largest absolute Gasteiger partial charge is 0.347 e. The normalized spacial score (nSPS) is 14.4. The molecule has 148 valence electrons. The molecule has 0 unspecified atom stereocenters. The van der Waals surface area contributed by atoms with E-state index in [0.29, 0.717) is 25.4 Å². The second-order valence-electron chi connectivity index (χ2n) is 7.16. The number of hydrogen-bond donors (Lipinski definition) is 2. The number of rotatable bonds is 9. The van der Waals surface area contributed by atoms with Gasteiger partial charge in [0.2, 0.25) is 17.7 Å². The first-order chi connectivity index (χ1) is 13.1. The minimum atomic E-state index is -0.337. The Bertz CT molecular complexity index is 612. The molecule has 0 radical (unpaired) electrons. The van der Waals surface area contributed by atoms with E-state index in [1.54, 1.807) is 4.90 Å². The standard InChI is InChI=1S/C21H31N3O3/c1-2-24(16-18-11-7-4-8-12-18)21(27)15-23-20(26)14-22-19(25)13-17-9-5-3-6-10-17/h4,7-8,11-12,17H,2-3,5-6,9-10,13-16H2,1H3,(H,22,25)(H,23,26). The van der Waals surface area contributed by atoms with Crippen molar-refractivity contribution in [3.63, 3.8) is 0 Å². The molecule has 1 fully saturated rings. The van der Waals surface area contributed by atoms with Crippen molar-refractivity contribution in [2.24, 2.45) is 5.92 Å². The lowest BCUT2D eigenvalue weighted by Gasteiger charge is -2.21. The van der Waals surface area contributed by atoms with Gasteiger partial charge < -0.3 is 15.5 Å². The molecule has 27 heavy (non-hydrogen) atoms. The van der Waals surface area contributed by atoms with Crippen LogP contribution in [0.1, 0.15) is 51.0 Å². The highest BCUT2D eigenvalue weighted by Crippen LogP contribution is 2.25. The molecule has 3 amide bonds. The molecule has 0 aromatic heterocycles. The quantitative estimate of drug-likeness (QED) is 0.697. The minimum Gasteiger partial charge on any atom is -0.347 e. The smallest absolute Gasteiger partial charge is 0.242 e. The van der Waals surface area contributed by atoms with Crippen LogP contribution in [0.2, 0.25) is 0 Å². The van der Waals surface area contributed by atoms with Crippen molar-refractivity contribution in [2.45, 2.75) is 52.0 Å². The number of carbonyl (C=O) groups is 3. The highest BCUT2D eigenvalue weighted by molar-refractivity contribution is 5.88. The SMILES string of the molecule is CCN(Cc1ccccc1)C(=O)CNC(=O)CNC(=O)CC1CCCCC1. The van der Waals surface area contributed by atoms with Crippen LogP contribution in [0, 0.1) is 5.92 Å². The molecule has 0 saturated heterocycles. The lowest BCUT2D eigenvalue weighted by Crippen LogP contribution is -2.43. The zero-order valence-corrected chi connectivity index (χ0v) is 16.2. The molecule has 1 aromatic rings. The maximum absolute atomic E-state index is 12.3. The first-order valence-electron chi connectivity index (χ1n) is 9.93. The maximum Gasteiger partial charge on any atom is 0.242 e. The van der Waals surface area contributed by atoms with E-state index in [1.807, 2.05) is 37.3 Å². The fourth-order valence-electron chi connectivity index (χ4n) is 3.43. The summed E-state index contributed by atoms with van der Waals surface area (Å²) in [5.41, 5.74) is 1.05. The molecule has 1 saturated carbocycles. The van der Waals surface area contributed by atoms with Crippen molar-refractivity contribution in [1.29, 1.82) is 0 Å². The average molecular weight is 373 g/mol. The molecule has 6 heteroatoms. The third-order valence-electron chi connectivity index (χ3n) is 5.03. The molecule has 1 aromatic carbocycles. The summed E-state index contributed by atoms with van der Waals surface area (Å²) in [5.74, 6) is -0.110. The van der Waals surface area contributed by atoms with Crippen molar-refractivity contribution in [1.82, 2.24) is 15.5 Å². The summed E-state index contributed by atoms with van der Waals surface area (Å²) in [6, 6.07) is 9.74. The number of likely N-dealkylation sites (N-methyl/N-ethyl adjacent to an activating group) is 1. The monoisotopic (exact) mass is 373 g/mol. The Hall–Kier alpha value is -2.37. The van der Waals surface area contributed by atoms with Gasteiger partial charge in [-0.15, -0.1) is 0 Å². The van der Waals surface area contributed by atoms with Crippen LogP contribution in [0.4, 0.5) is 0 Å². The Kier molecular flexibility index (Phi) is 8.81. The van der Waals surface area contributed by atoms with Crippen molar-refractivity contribution in [2.75, 3.05) is 19.6 Å². The molecule has 1 aliphatic rings. The van der Waals surface area contributed by atoms with E-state index >= 15 is 0 Å². The fraction of sp³-hybridized carbons (Fsp3) is 0.571. The summed E-state index contributed by atoms with van der Waals surface area (Å²) in [6.07, 6.45) is 6.33. The minimum absolute atomic E-state index is 0.0575. The predicted molar refractivity (Wildman–Crippen MR) is 105 cm³/mol. The van der Waals surface area contributed by atoms with Gasteiger partial charge in [-0.3, -0.25) is 14.4 Å². The summed E-state index contributed by atoms with van der Waals surface area (Å²) in [6.45, 7) is 2.86. The lowest BCUT2D eigenvalue weighted by atomic mass is 9.87. The summed E-state index contributed by atoms with van der Waals surface area (Å²) in [4.78, 5) is 37.9. The Morgan fingerprint density at radius 2 is 1.63 bits per heavy atom. The van der Waals surface area contributed by atoms with Gasteiger partial charge in [0.25, 0.3) is 0 Å². The molecule has 0 heterocycles. The molecular formula is C21H31N3O3. The number of nitrogens with zero attached hydrogens (tertiary/aromatic N) is 1. The van der Waals surface area contributed by atoms with Gasteiger partial charge in [-0.2, -0.15) is 0 Å². The fourth-order valence-corrected chi connectivity index (χ4v) is 3.43. The van der Waals surface area contributed by atoms with Crippen LogP contribution in [0.15, 0.2) is 30.3 Å². The highest BCUT2D eigenvalue weighted by atomic mass is 16.2. The van der Waals surface area contributed by atoms with E-state index in [2.05, 4.69) is 10.6 Å². The molecule has 0 aliphatic heterocycles. The van der Waals surface area contributed by atoms with Gasteiger partial charge in [-0.1, -0.05) is 49.6 Å². The van der Waals surface area contributed by atoms with Gasteiger partial charge in [-0.25, -0.2) is 0 Å². The van der Waals surface area contributed by atoms with E-state index in [4.69, 9.17) is 0 Å². The Balaban J connectivity index is 1.65. The van der Waals surface area contributed by atoms with Gasteiger partial charge >= 0.3 is 0 Å². The first kappa shape index (κ1) is 20.9. The van der Waals surface area contributed by atoms with Gasteiger partial charge in [0, 0.05) is 19.5 Å². The number of hydrogen-bond acceptors (Lipinski definition) is 3. The van der Waals surface area contributed by atoms with E-state index in [9.17, 15) is 14.4 Å². The summed E-state index contributed by atoms with van der Waals surface area (Å²) in [7, 11) is 0. The molecule has 0 bridgehead atoms.